The van der Waals surface area contributed by atoms with Crippen LogP contribution < -0.4 is 5.32 Å². The molecule has 204 valence electrons. The number of carboxylic acids is 2. The maximum absolute atomic E-state index is 12.6. The van der Waals surface area contributed by atoms with E-state index in [1.807, 2.05) is 72.8 Å². The fourth-order valence-corrected chi connectivity index (χ4v) is 4.11. The van der Waals surface area contributed by atoms with Crippen LogP contribution in [0.15, 0.2) is 78.9 Å². The zero-order valence-corrected chi connectivity index (χ0v) is 21.4. The van der Waals surface area contributed by atoms with Crippen molar-refractivity contribution in [1.82, 2.24) is 4.90 Å². The number of ether oxygens (including phenoxy) is 2. The van der Waals surface area contributed by atoms with Crippen LogP contribution in [0.3, 0.4) is 0 Å². The van der Waals surface area contributed by atoms with Crippen molar-refractivity contribution < 1.29 is 38.9 Å². The highest BCUT2D eigenvalue weighted by Crippen LogP contribution is 2.28. The van der Waals surface area contributed by atoms with Gasteiger partial charge in [0.25, 0.3) is 0 Å². The highest BCUT2D eigenvalue weighted by atomic mass is 16.6. The van der Waals surface area contributed by atoms with E-state index in [2.05, 4.69) is 10.2 Å². The summed E-state index contributed by atoms with van der Waals surface area (Å²) in [6.07, 6.45) is 0.990. The first-order valence-electron chi connectivity index (χ1n) is 12.2. The number of carbonyl (C=O) groups is 4. The predicted octanol–water partition coefficient (Wildman–Crippen LogP) is 4.51. The van der Waals surface area contributed by atoms with Crippen LogP contribution in [0.2, 0.25) is 0 Å². The molecule has 0 aliphatic carbocycles. The number of benzene rings is 3. The number of piperidine rings is 1. The van der Waals surface area contributed by atoms with Crippen LogP contribution >= 0.6 is 0 Å². The lowest BCUT2D eigenvalue weighted by Gasteiger charge is -2.31. The fourth-order valence-electron chi connectivity index (χ4n) is 4.11. The van der Waals surface area contributed by atoms with E-state index in [0.29, 0.717) is 5.56 Å². The van der Waals surface area contributed by atoms with Crippen LogP contribution in [0.5, 0.6) is 0 Å². The van der Waals surface area contributed by atoms with Crippen LogP contribution in [0.25, 0.3) is 11.1 Å². The third kappa shape index (κ3) is 8.97. The third-order valence-electron chi connectivity index (χ3n) is 5.99. The number of hydrogen-bond donors (Lipinski definition) is 3. The Morgan fingerprint density at radius 2 is 1.51 bits per heavy atom. The van der Waals surface area contributed by atoms with Crippen LogP contribution in [0, 0.1) is 0 Å². The molecule has 3 N–H and O–H groups in total. The molecule has 10 nitrogen and oxygen atoms in total. The normalized spacial score (nSPS) is 13.4. The van der Waals surface area contributed by atoms with Crippen molar-refractivity contribution in [1.29, 1.82) is 0 Å². The lowest BCUT2D eigenvalue weighted by atomic mass is 10.0. The maximum Gasteiger partial charge on any atom is 0.414 e. The zero-order chi connectivity index (χ0) is 28.2. The number of esters is 1. The van der Waals surface area contributed by atoms with Gasteiger partial charge in [-0.05, 0) is 42.2 Å². The Kier molecular flexibility index (Phi) is 10.6. The number of aliphatic carboxylic acids is 2. The summed E-state index contributed by atoms with van der Waals surface area (Å²) in [7, 11) is 1.39. The van der Waals surface area contributed by atoms with Crippen LogP contribution in [-0.2, 0) is 25.6 Å². The molecule has 1 amide bonds. The number of methoxy groups -OCH3 is 1. The first kappa shape index (κ1) is 28.9. The summed E-state index contributed by atoms with van der Waals surface area (Å²) < 4.78 is 10.5. The number of para-hydroxylation sites is 1. The van der Waals surface area contributed by atoms with Gasteiger partial charge in [0.15, 0.2) is 0 Å². The minimum atomic E-state index is -1.82. The van der Waals surface area contributed by atoms with E-state index in [-0.39, 0.29) is 12.1 Å². The molecule has 0 aromatic heterocycles. The third-order valence-corrected chi connectivity index (χ3v) is 5.99. The Hall–Kier alpha value is -4.70. The molecule has 39 heavy (non-hydrogen) atoms. The van der Waals surface area contributed by atoms with E-state index in [1.54, 1.807) is 6.07 Å². The molecule has 10 heteroatoms. The van der Waals surface area contributed by atoms with Crippen molar-refractivity contribution >= 4 is 29.7 Å². The van der Waals surface area contributed by atoms with Gasteiger partial charge >= 0.3 is 24.0 Å². The van der Waals surface area contributed by atoms with E-state index in [0.717, 1.165) is 54.9 Å². The van der Waals surface area contributed by atoms with Gasteiger partial charge in [0.1, 0.15) is 6.10 Å². The number of likely N-dealkylation sites (tertiary alicyclic amines) is 1. The number of carboxylic acid groups (broad SMARTS) is 2. The summed E-state index contributed by atoms with van der Waals surface area (Å²) in [4.78, 5) is 44.8. The van der Waals surface area contributed by atoms with Gasteiger partial charge in [-0.2, -0.15) is 0 Å². The Morgan fingerprint density at radius 3 is 2.15 bits per heavy atom. The topological polar surface area (TPSA) is 142 Å². The Balaban J connectivity index is 0.000000631. The lowest BCUT2D eigenvalue weighted by Crippen LogP contribution is -2.38. The number of hydrogen-bond acceptors (Lipinski definition) is 7. The fraction of sp³-hybridized carbons (Fsp3) is 0.241. The SMILES string of the molecule is COC(=O)c1cccc(CN2CCC(OC(=O)Nc3ccccc3-c3ccccc3)CC2)c1.O=C(O)C(=O)O. The smallest absolute Gasteiger partial charge is 0.414 e. The summed E-state index contributed by atoms with van der Waals surface area (Å²) >= 11 is 0. The molecule has 3 aromatic carbocycles. The Morgan fingerprint density at radius 1 is 0.872 bits per heavy atom. The van der Waals surface area contributed by atoms with Crippen molar-refractivity contribution in [3.63, 3.8) is 0 Å². The Labute approximate surface area is 225 Å². The molecule has 1 saturated heterocycles. The number of nitrogens with one attached hydrogen (secondary N) is 1. The van der Waals surface area contributed by atoms with Crippen LogP contribution in [-0.4, -0.2) is 65.4 Å². The van der Waals surface area contributed by atoms with E-state index in [1.165, 1.54) is 7.11 Å². The van der Waals surface area contributed by atoms with Gasteiger partial charge in [-0.15, -0.1) is 0 Å². The van der Waals surface area contributed by atoms with Gasteiger partial charge in [0, 0.05) is 25.2 Å². The number of carbonyl (C=O) groups excluding carboxylic acids is 2. The zero-order valence-electron chi connectivity index (χ0n) is 21.4. The van der Waals surface area contributed by atoms with Crippen molar-refractivity contribution in [3.8, 4) is 11.1 Å². The summed E-state index contributed by atoms with van der Waals surface area (Å²) in [5.41, 5.74) is 4.35. The number of anilines is 1. The van der Waals surface area contributed by atoms with Gasteiger partial charge in [-0.3, -0.25) is 10.2 Å². The summed E-state index contributed by atoms with van der Waals surface area (Å²) in [5, 5.41) is 17.7. The van der Waals surface area contributed by atoms with E-state index < -0.39 is 18.0 Å². The molecule has 0 atom stereocenters. The van der Waals surface area contributed by atoms with Crippen molar-refractivity contribution in [2.45, 2.75) is 25.5 Å². The second-order valence-electron chi connectivity index (χ2n) is 8.72. The lowest BCUT2D eigenvalue weighted by molar-refractivity contribution is -0.159. The summed E-state index contributed by atoms with van der Waals surface area (Å²) in [5.74, 6) is -3.98. The highest BCUT2D eigenvalue weighted by Gasteiger charge is 2.23. The molecule has 1 aliphatic rings. The van der Waals surface area contributed by atoms with Crippen LogP contribution in [0.1, 0.15) is 28.8 Å². The molecule has 1 aliphatic heterocycles. The molecule has 4 rings (SSSR count). The maximum atomic E-state index is 12.6. The average Bonchev–Trinajstić information content (AvgIpc) is 2.95. The highest BCUT2D eigenvalue weighted by molar-refractivity contribution is 6.27. The minimum Gasteiger partial charge on any atom is -0.473 e. The van der Waals surface area contributed by atoms with Crippen LogP contribution in [0.4, 0.5) is 10.5 Å². The molecule has 1 heterocycles. The molecule has 0 radical (unpaired) electrons. The molecule has 3 aromatic rings. The van der Waals surface area contributed by atoms with Gasteiger partial charge in [-0.1, -0.05) is 60.7 Å². The average molecular weight is 535 g/mol. The summed E-state index contributed by atoms with van der Waals surface area (Å²) in [6, 6.07) is 25.2. The monoisotopic (exact) mass is 534 g/mol. The molecule has 0 saturated carbocycles. The predicted molar refractivity (Wildman–Crippen MR) is 143 cm³/mol. The van der Waals surface area contributed by atoms with Gasteiger partial charge in [0.2, 0.25) is 0 Å². The largest absolute Gasteiger partial charge is 0.473 e. The van der Waals surface area contributed by atoms with Crippen molar-refractivity contribution in [3.05, 3.63) is 90.0 Å². The minimum absolute atomic E-state index is 0.119. The number of rotatable bonds is 6. The van der Waals surface area contributed by atoms with E-state index in [4.69, 9.17) is 29.3 Å². The molecule has 0 bridgehead atoms. The second kappa shape index (κ2) is 14.3. The quantitative estimate of drug-likeness (QED) is 0.307. The standard InChI is InChI=1S/C27H28N2O4.C2H2O4/c1-32-26(30)22-11-7-8-20(18-22)19-29-16-14-23(15-17-29)33-27(31)28-25-13-6-5-12-24(25)21-9-3-2-4-10-21;3-1(4)2(5)6/h2-13,18,23H,14-17,19H2,1H3,(H,28,31);(H,3,4)(H,5,6). The first-order chi connectivity index (χ1) is 18.8. The van der Waals surface area contributed by atoms with E-state index in [9.17, 15) is 9.59 Å². The summed E-state index contributed by atoms with van der Waals surface area (Å²) in [6.45, 7) is 2.39. The molecule has 0 spiro atoms. The first-order valence-corrected chi connectivity index (χ1v) is 12.2. The molecule has 1 fully saturated rings. The molecular weight excluding hydrogens is 504 g/mol. The Bertz CT molecular complexity index is 1280. The van der Waals surface area contributed by atoms with Gasteiger partial charge < -0.3 is 19.7 Å². The second-order valence-corrected chi connectivity index (χ2v) is 8.72. The molecular formula is C29H30N2O8. The molecule has 0 unspecified atom stereocenters. The number of amides is 1. The number of nitrogens with zero attached hydrogens (tertiary/aromatic N) is 1. The van der Waals surface area contributed by atoms with E-state index >= 15 is 0 Å². The van der Waals surface area contributed by atoms with Gasteiger partial charge in [-0.25, -0.2) is 19.2 Å². The van der Waals surface area contributed by atoms with Gasteiger partial charge in [0.05, 0.1) is 18.4 Å². The van der Waals surface area contributed by atoms with Crippen molar-refractivity contribution in [2.24, 2.45) is 0 Å². The van der Waals surface area contributed by atoms with Crippen molar-refractivity contribution in [2.75, 3.05) is 25.5 Å².